The van der Waals surface area contributed by atoms with Crippen LogP contribution in [0, 0.1) is 6.92 Å². The average molecular weight is 352 g/mol. The largest absolute Gasteiger partial charge is 0.460 e. The smallest absolute Gasteiger partial charge is 0.416 e. The topological polar surface area (TPSA) is 55.1 Å². The van der Waals surface area contributed by atoms with Gasteiger partial charge in [0.25, 0.3) is 5.91 Å². The number of alkyl halides is 3. The maximum Gasteiger partial charge on any atom is 0.416 e. The van der Waals surface area contributed by atoms with E-state index in [0.717, 1.165) is 29.2 Å². The number of nitrogens with zero attached hydrogens (tertiary/aromatic N) is 1. The van der Waals surface area contributed by atoms with Gasteiger partial charge >= 0.3 is 6.18 Å². The first kappa shape index (κ1) is 16.3. The summed E-state index contributed by atoms with van der Waals surface area (Å²) in [7, 11) is 0. The Morgan fingerprint density at radius 3 is 2.71 bits per heavy atom. The van der Waals surface area contributed by atoms with Crippen LogP contribution in [0.15, 0.2) is 46.2 Å². The van der Waals surface area contributed by atoms with Crippen LogP contribution in [0.4, 0.5) is 18.3 Å². The standard InChI is InChI=1S/C16H11F3N2O2S/c1-9-5-6-13(23-9)12-8-24-15(20-12)21-14(22)10-3-2-4-11(7-10)16(17,18)19/h2-8H,1H3,(H,20,21,22). The molecular formula is C16H11F3N2O2S. The van der Waals surface area contributed by atoms with Crippen molar-refractivity contribution in [3.8, 4) is 11.5 Å². The first-order valence-corrected chi connectivity index (χ1v) is 7.72. The molecule has 0 spiro atoms. The molecule has 2 aromatic heterocycles. The molecule has 1 N–H and O–H groups in total. The van der Waals surface area contributed by atoms with E-state index in [-0.39, 0.29) is 10.7 Å². The highest BCUT2D eigenvalue weighted by molar-refractivity contribution is 7.14. The zero-order chi connectivity index (χ0) is 17.3. The van der Waals surface area contributed by atoms with E-state index in [1.54, 1.807) is 24.4 Å². The highest BCUT2D eigenvalue weighted by Gasteiger charge is 2.30. The Morgan fingerprint density at radius 1 is 1.25 bits per heavy atom. The number of benzene rings is 1. The van der Waals surface area contributed by atoms with Gasteiger partial charge in [0.2, 0.25) is 0 Å². The lowest BCUT2D eigenvalue weighted by atomic mass is 10.1. The monoisotopic (exact) mass is 352 g/mol. The van der Waals surface area contributed by atoms with Crippen molar-refractivity contribution in [1.82, 2.24) is 4.98 Å². The number of rotatable bonds is 3. The molecule has 0 aliphatic carbocycles. The second-order valence-electron chi connectivity index (χ2n) is 4.98. The Bertz CT molecular complexity index is 883. The molecule has 0 fully saturated rings. The Balaban J connectivity index is 1.77. The Labute approximate surface area is 139 Å². The van der Waals surface area contributed by atoms with Gasteiger partial charge in [-0.25, -0.2) is 4.98 Å². The number of hydrogen-bond donors (Lipinski definition) is 1. The predicted octanol–water partition coefficient (Wildman–Crippen LogP) is 4.98. The van der Waals surface area contributed by atoms with E-state index in [4.69, 9.17) is 4.42 Å². The van der Waals surface area contributed by atoms with E-state index >= 15 is 0 Å². The SMILES string of the molecule is Cc1ccc(-c2csc(NC(=O)c3cccc(C(F)(F)F)c3)n2)o1. The van der Waals surface area contributed by atoms with Crippen molar-refractivity contribution in [3.05, 3.63) is 58.7 Å². The minimum absolute atomic E-state index is 0.0876. The molecular weight excluding hydrogens is 341 g/mol. The molecule has 0 saturated heterocycles. The minimum atomic E-state index is -4.50. The van der Waals surface area contributed by atoms with Gasteiger partial charge in [-0.15, -0.1) is 11.3 Å². The molecule has 0 bridgehead atoms. The van der Waals surface area contributed by atoms with Crippen LogP contribution in [-0.2, 0) is 6.18 Å². The summed E-state index contributed by atoms with van der Waals surface area (Å²) in [4.78, 5) is 16.3. The summed E-state index contributed by atoms with van der Waals surface area (Å²) < 4.78 is 43.5. The van der Waals surface area contributed by atoms with Crippen molar-refractivity contribution in [2.75, 3.05) is 5.32 Å². The molecule has 24 heavy (non-hydrogen) atoms. The van der Waals surface area contributed by atoms with Gasteiger partial charge < -0.3 is 4.42 Å². The lowest BCUT2D eigenvalue weighted by Gasteiger charge is -2.08. The number of furan rings is 1. The minimum Gasteiger partial charge on any atom is -0.460 e. The fourth-order valence-corrected chi connectivity index (χ4v) is 2.72. The van der Waals surface area contributed by atoms with Crippen LogP contribution >= 0.6 is 11.3 Å². The zero-order valence-electron chi connectivity index (χ0n) is 12.3. The molecule has 1 amide bonds. The molecule has 124 valence electrons. The van der Waals surface area contributed by atoms with Crippen molar-refractivity contribution in [3.63, 3.8) is 0 Å². The average Bonchev–Trinajstić information content (AvgIpc) is 3.15. The number of amides is 1. The summed E-state index contributed by atoms with van der Waals surface area (Å²) in [6.45, 7) is 1.80. The quantitative estimate of drug-likeness (QED) is 0.723. The molecule has 0 aliphatic heterocycles. The molecule has 8 heteroatoms. The molecule has 0 saturated carbocycles. The molecule has 1 aromatic carbocycles. The van der Waals surface area contributed by atoms with Crippen LogP contribution in [0.2, 0.25) is 0 Å². The van der Waals surface area contributed by atoms with E-state index in [9.17, 15) is 18.0 Å². The Hall–Kier alpha value is -2.61. The molecule has 3 aromatic rings. The maximum atomic E-state index is 12.7. The third kappa shape index (κ3) is 3.48. The van der Waals surface area contributed by atoms with Gasteiger partial charge in [-0.2, -0.15) is 13.2 Å². The first-order chi connectivity index (χ1) is 11.3. The number of thiazole rings is 1. The van der Waals surface area contributed by atoms with Crippen LogP contribution < -0.4 is 5.32 Å². The number of nitrogens with one attached hydrogen (secondary N) is 1. The second kappa shape index (κ2) is 6.12. The molecule has 2 heterocycles. The van der Waals surface area contributed by atoms with Gasteiger partial charge in [0.15, 0.2) is 10.9 Å². The highest BCUT2D eigenvalue weighted by atomic mass is 32.1. The lowest BCUT2D eigenvalue weighted by Crippen LogP contribution is -2.13. The summed E-state index contributed by atoms with van der Waals surface area (Å²) in [5, 5.41) is 4.47. The van der Waals surface area contributed by atoms with Gasteiger partial charge in [-0.1, -0.05) is 6.07 Å². The zero-order valence-corrected chi connectivity index (χ0v) is 13.2. The van der Waals surface area contributed by atoms with Crippen LogP contribution in [0.5, 0.6) is 0 Å². The Morgan fingerprint density at radius 2 is 2.04 bits per heavy atom. The molecule has 0 radical (unpaired) electrons. The third-order valence-electron chi connectivity index (χ3n) is 3.17. The van der Waals surface area contributed by atoms with Crippen LogP contribution in [0.3, 0.4) is 0 Å². The molecule has 0 atom stereocenters. The number of carbonyl (C=O) groups excluding carboxylic acids is 1. The summed E-state index contributed by atoms with van der Waals surface area (Å²) in [5.74, 6) is 0.633. The number of anilines is 1. The molecule has 4 nitrogen and oxygen atoms in total. The lowest BCUT2D eigenvalue weighted by molar-refractivity contribution is -0.137. The first-order valence-electron chi connectivity index (χ1n) is 6.84. The van der Waals surface area contributed by atoms with Gasteiger partial charge in [-0.3, -0.25) is 10.1 Å². The Kier molecular flexibility index (Phi) is 4.15. The van der Waals surface area contributed by atoms with Crippen molar-refractivity contribution in [2.45, 2.75) is 13.1 Å². The van der Waals surface area contributed by atoms with Gasteiger partial charge in [0.05, 0.1) is 5.56 Å². The maximum absolute atomic E-state index is 12.7. The number of aromatic nitrogens is 1. The van der Waals surface area contributed by atoms with Crippen molar-refractivity contribution >= 4 is 22.4 Å². The number of hydrogen-bond acceptors (Lipinski definition) is 4. The predicted molar refractivity (Wildman–Crippen MR) is 84.0 cm³/mol. The highest BCUT2D eigenvalue weighted by Crippen LogP contribution is 2.30. The molecule has 3 rings (SSSR count). The number of halogens is 3. The van der Waals surface area contributed by atoms with Crippen LogP contribution in [0.1, 0.15) is 21.7 Å². The molecule has 0 unspecified atom stereocenters. The van der Waals surface area contributed by atoms with Crippen LogP contribution in [0.25, 0.3) is 11.5 Å². The molecule has 0 aliphatic rings. The fourth-order valence-electron chi connectivity index (χ4n) is 2.02. The van der Waals surface area contributed by atoms with Crippen molar-refractivity contribution < 1.29 is 22.4 Å². The van der Waals surface area contributed by atoms with Crippen LogP contribution in [-0.4, -0.2) is 10.9 Å². The van der Waals surface area contributed by atoms with Gasteiger partial charge in [0.1, 0.15) is 11.5 Å². The van der Waals surface area contributed by atoms with E-state index in [2.05, 4.69) is 10.3 Å². The fraction of sp³-hybridized carbons (Fsp3) is 0.125. The number of carbonyl (C=O) groups is 1. The normalized spacial score (nSPS) is 11.5. The third-order valence-corrected chi connectivity index (χ3v) is 3.93. The van der Waals surface area contributed by atoms with E-state index in [1.165, 1.54) is 12.1 Å². The summed E-state index contributed by atoms with van der Waals surface area (Å²) in [5.41, 5.74) is -0.413. The summed E-state index contributed by atoms with van der Waals surface area (Å²) >= 11 is 1.16. The van der Waals surface area contributed by atoms with E-state index < -0.39 is 17.6 Å². The second-order valence-corrected chi connectivity index (χ2v) is 5.84. The van der Waals surface area contributed by atoms with Crippen molar-refractivity contribution in [2.24, 2.45) is 0 Å². The van der Waals surface area contributed by atoms with E-state index in [1.807, 2.05) is 0 Å². The van der Waals surface area contributed by atoms with Crippen molar-refractivity contribution in [1.29, 1.82) is 0 Å². The number of aryl methyl sites for hydroxylation is 1. The van der Waals surface area contributed by atoms with Gasteiger partial charge in [-0.05, 0) is 37.3 Å². The summed E-state index contributed by atoms with van der Waals surface area (Å²) in [6.07, 6.45) is -4.50. The van der Waals surface area contributed by atoms with E-state index in [0.29, 0.717) is 11.5 Å². The van der Waals surface area contributed by atoms with Gasteiger partial charge in [0, 0.05) is 10.9 Å². The summed E-state index contributed by atoms with van der Waals surface area (Å²) in [6, 6.07) is 7.77.